The van der Waals surface area contributed by atoms with Gasteiger partial charge >= 0.3 is 6.09 Å². The molecule has 1 rings (SSSR count). The maximum absolute atomic E-state index is 11.1. The van der Waals surface area contributed by atoms with Crippen LogP contribution < -0.4 is 0 Å². The van der Waals surface area contributed by atoms with Crippen LogP contribution in [0.5, 0.6) is 0 Å². The summed E-state index contributed by atoms with van der Waals surface area (Å²) < 4.78 is 1.01. The molecule has 1 aromatic rings. The molecule has 90 valence electrons. The second-order valence-corrected chi connectivity index (χ2v) is 6.84. The molecule has 0 bridgehead atoms. The van der Waals surface area contributed by atoms with Crippen molar-refractivity contribution in [3.63, 3.8) is 0 Å². The molecule has 0 radical (unpaired) electrons. The predicted octanol–water partition coefficient (Wildman–Crippen LogP) is 4.04. The van der Waals surface area contributed by atoms with Gasteiger partial charge in [0, 0.05) is 21.3 Å². The quantitative estimate of drug-likeness (QED) is 0.915. The zero-order chi connectivity index (χ0) is 12.3. The van der Waals surface area contributed by atoms with Gasteiger partial charge in [-0.1, -0.05) is 20.8 Å². The van der Waals surface area contributed by atoms with E-state index >= 15 is 0 Å². The molecule has 3 nitrogen and oxygen atoms in total. The Morgan fingerprint density at radius 1 is 1.56 bits per heavy atom. The Labute approximate surface area is 108 Å². The molecule has 1 amide bonds. The van der Waals surface area contributed by atoms with Crippen molar-refractivity contribution in [3.05, 3.63) is 20.8 Å². The summed E-state index contributed by atoms with van der Waals surface area (Å²) in [7, 11) is 0. The average Bonchev–Trinajstić information content (AvgIpc) is 2.47. The fourth-order valence-electron chi connectivity index (χ4n) is 1.39. The second kappa shape index (κ2) is 5.19. The number of hydrogen-bond acceptors (Lipinski definition) is 2. The number of carboxylic acid groups (broad SMARTS) is 1. The van der Waals surface area contributed by atoms with Crippen LogP contribution in [0, 0.1) is 5.41 Å². The van der Waals surface area contributed by atoms with E-state index in [0.717, 1.165) is 9.35 Å². The third-order valence-corrected chi connectivity index (χ3v) is 3.59. The number of carbonyl (C=O) groups is 1. The Kier molecular flexibility index (Phi) is 4.38. The van der Waals surface area contributed by atoms with E-state index in [1.165, 1.54) is 4.90 Å². The zero-order valence-electron chi connectivity index (χ0n) is 9.66. The standard InChI is InChI=1S/C11H16BrNO2S/c1-11(2,3)7-13(10(14)15)5-9-4-8(12)6-16-9/h4,6H,5,7H2,1-3H3,(H,14,15). The summed E-state index contributed by atoms with van der Waals surface area (Å²) >= 11 is 4.93. The van der Waals surface area contributed by atoms with Gasteiger partial charge < -0.3 is 10.0 Å². The van der Waals surface area contributed by atoms with Crippen molar-refractivity contribution in [2.24, 2.45) is 5.41 Å². The first kappa shape index (κ1) is 13.5. The van der Waals surface area contributed by atoms with Crippen LogP contribution >= 0.6 is 27.3 Å². The molecular weight excluding hydrogens is 290 g/mol. The molecule has 0 saturated carbocycles. The topological polar surface area (TPSA) is 40.5 Å². The molecule has 0 fully saturated rings. The third-order valence-electron chi connectivity index (χ3n) is 1.90. The molecule has 0 aliphatic rings. The first-order chi connectivity index (χ1) is 7.28. The minimum atomic E-state index is -0.862. The molecule has 1 heterocycles. The largest absolute Gasteiger partial charge is 0.465 e. The van der Waals surface area contributed by atoms with E-state index in [1.54, 1.807) is 11.3 Å². The number of halogens is 1. The molecule has 0 saturated heterocycles. The van der Waals surface area contributed by atoms with E-state index in [4.69, 9.17) is 5.11 Å². The molecule has 5 heteroatoms. The minimum Gasteiger partial charge on any atom is -0.465 e. The lowest BCUT2D eigenvalue weighted by atomic mass is 9.96. The van der Waals surface area contributed by atoms with E-state index < -0.39 is 6.09 Å². The number of rotatable bonds is 3. The summed E-state index contributed by atoms with van der Waals surface area (Å²) in [5, 5.41) is 11.1. The van der Waals surface area contributed by atoms with Crippen LogP contribution in [0.2, 0.25) is 0 Å². The Balaban J connectivity index is 2.69. The van der Waals surface area contributed by atoms with Gasteiger partial charge in [-0.15, -0.1) is 11.3 Å². The van der Waals surface area contributed by atoms with Crippen LogP contribution in [0.25, 0.3) is 0 Å². The van der Waals surface area contributed by atoms with Gasteiger partial charge in [0.25, 0.3) is 0 Å². The minimum absolute atomic E-state index is 0.0210. The lowest BCUT2D eigenvalue weighted by Gasteiger charge is -2.27. The molecule has 1 aromatic heterocycles. The molecule has 0 atom stereocenters. The first-order valence-corrected chi connectivity index (χ1v) is 6.66. The van der Waals surface area contributed by atoms with Gasteiger partial charge in [0.15, 0.2) is 0 Å². The summed E-state index contributed by atoms with van der Waals surface area (Å²) in [5.74, 6) is 0. The highest BCUT2D eigenvalue weighted by Crippen LogP contribution is 2.23. The summed E-state index contributed by atoms with van der Waals surface area (Å²) in [6, 6.07) is 1.96. The molecule has 16 heavy (non-hydrogen) atoms. The van der Waals surface area contributed by atoms with Crippen LogP contribution in [-0.2, 0) is 6.54 Å². The number of amides is 1. The lowest BCUT2D eigenvalue weighted by molar-refractivity contribution is 0.123. The fraction of sp³-hybridized carbons (Fsp3) is 0.545. The Bertz CT molecular complexity index is 370. The maximum atomic E-state index is 11.1. The SMILES string of the molecule is CC(C)(C)CN(Cc1cc(Br)cs1)C(=O)O. The van der Waals surface area contributed by atoms with Gasteiger partial charge in [0.2, 0.25) is 0 Å². The fourth-order valence-corrected chi connectivity index (χ4v) is 2.85. The number of thiophene rings is 1. The molecule has 0 aliphatic carbocycles. The van der Waals surface area contributed by atoms with E-state index in [0.29, 0.717) is 13.1 Å². The van der Waals surface area contributed by atoms with Gasteiger partial charge in [-0.05, 0) is 27.4 Å². The second-order valence-electron chi connectivity index (χ2n) is 4.93. The molecule has 1 N–H and O–H groups in total. The van der Waals surface area contributed by atoms with Crippen molar-refractivity contribution in [2.75, 3.05) is 6.54 Å². The van der Waals surface area contributed by atoms with Crippen molar-refractivity contribution < 1.29 is 9.90 Å². The number of hydrogen-bond donors (Lipinski definition) is 1. The van der Waals surface area contributed by atoms with E-state index in [1.807, 2.05) is 32.2 Å². The summed E-state index contributed by atoms with van der Waals surface area (Å²) in [5.41, 5.74) is -0.0210. The summed E-state index contributed by atoms with van der Waals surface area (Å²) in [6.45, 7) is 7.11. The van der Waals surface area contributed by atoms with Gasteiger partial charge in [-0.2, -0.15) is 0 Å². The molecule has 0 unspecified atom stereocenters. The predicted molar refractivity (Wildman–Crippen MR) is 69.9 cm³/mol. The van der Waals surface area contributed by atoms with Crippen LogP contribution in [0.15, 0.2) is 15.9 Å². The van der Waals surface area contributed by atoms with E-state index in [-0.39, 0.29) is 5.41 Å². The summed E-state index contributed by atoms with van der Waals surface area (Å²) in [6.07, 6.45) is -0.862. The molecular formula is C11H16BrNO2S. The van der Waals surface area contributed by atoms with Gasteiger partial charge in [-0.25, -0.2) is 4.79 Å². The zero-order valence-corrected chi connectivity index (χ0v) is 12.1. The smallest absolute Gasteiger partial charge is 0.407 e. The molecule has 0 spiro atoms. The van der Waals surface area contributed by atoms with Crippen LogP contribution in [0.4, 0.5) is 4.79 Å². The number of nitrogens with zero attached hydrogens (tertiary/aromatic N) is 1. The Hall–Kier alpha value is -0.550. The van der Waals surface area contributed by atoms with Crippen molar-refractivity contribution in [1.29, 1.82) is 0 Å². The maximum Gasteiger partial charge on any atom is 0.407 e. The molecule has 0 aromatic carbocycles. The van der Waals surface area contributed by atoms with Gasteiger partial charge in [-0.3, -0.25) is 0 Å². The average molecular weight is 306 g/mol. The van der Waals surface area contributed by atoms with Crippen molar-refractivity contribution in [3.8, 4) is 0 Å². The Morgan fingerprint density at radius 3 is 2.56 bits per heavy atom. The van der Waals surface area contributed by atoms with E-state index in [2.05, 4.69) is 15.9 Å². The van der Waals surface area contributed by atoms with Crippen LogP contribution in [-0.4, -0.2) is 22.6 Å². The van der Waals surface area contributed by atoms with Crippen LogP contribution in [0.3, 0.4) is 0 Å². The van der Waals surface area contributed by atoms with Crippen molar-refractivity contribution in [2.45, 2.75) is 27.3 Å². The highest BCUT2D eigenvalue weighted by molar-refractivity contribution is 9.10. The third kappa shape index (κ3) is 4.53. The highest BCUT2D eigenvalue weighted by atomic mass is 79.9. The van der Waals surface area contributed by atoms with Gasteiger partial charge in [0.1, 0.15) is 0 Å². The highest BCUT2D eigenvalue weighted by Gasteiger charge is 2.20. The van der Waals surface area contributed by atoms with E-state index in [9.17, 15) is 4.79 Å². The van der Waals surface area contributed by atoms with Crippen LogP contribution in [0.1, 0.15) is 25.6 Å². The summed E-state index contributed by atoms with van der Waals surface area (Å²) in [4.78, 5) is 13.6. The first-order valence-electron chi connectivity index (χ1n) is 4.99. The lowest BCUT2D eigenvalue weighted by Crippen LogP contribution is -2.36. The van der Waals surface area contributed by atoms with Crippen molar-refractivity contribution >= 4 is 33.4 Å². The van der Waals surface area contributed by atoms with Crippen molar-refractivity contribution in [1.82, 2.24) is 4.90 Å². The molecule has 0 aliphatic heterocycles. The monoisotopic (exact) mass is 305 g/mol. The van der Waals surface area contributed by atoms with Gasteiger partial charge in [0.05, 0.1) is 6.54 Å². The Morgan fingerprint density at radius 2 is 2.19 bits per heavy atom. The normalized spacial score (nSPS) is 11.5.